The van der Waals surface area contributed by atoms with E-state index in [9.17, 15) is 23.7 Å². The van der Waals surface area contributed by atoms with Gasteiger partial charge in [0.15, 0.2) is 0 Å². The number of hydrogen-bond acceptors (Lipinski definition) is 5. The molecule has 0 amide bonds. The fourth-order valence-electron chi connectivity index (χ4n) is 3.57. The third-order valence-corrected chi connectivity index (χ3v) is 6.63. The lowest BCUT2D eigenvalue weighted by Crippen LogP contribution is -2.13. The molecule has 0 aliphatic rings. The molecular weight excluding hydrogens is 438 g/mol. The molecule has 0 unspecified atom stereocenters. The molecular formula is C26H23NO5S. The number of rotatable bonds is 7. The van der Waals surface area contributed by atoms with Crippen LogP contribution >= 0.6 is 0 Å². The molecule has 4 aromatic rings. The Kier molecular flexibility index (Phi) is 6.24. The third kappa shape index (κ3) is 5.45. The van der Waals surface area contributed by atoms with E-state index in [1.54, 1.807) is 78.9 Å². The molecule has 0 atom stereocenters. The highest BCUT2D eigenvalue weighted by molar-refractivity contribution is 7.92. The minimum atomic E-state index is -3.81. The van der Waals surface area contributed by atoms with Gasteiger partial charge >= 0.3 is 0 Å². The molecule has 33 heavy (non-hydrogen) atoms. The first-order valence-electron chi connectivity index (χ1n) is 10.3. The smallest absolute Gasteiger partial charge is 0.261 e. The topological polar surface area (TPSA) is 107 Å². The van der Waals surface area contributed by atoms with Crippen LogP contribution in [0.4, 0.5) is 5.69 Å². The van der Waals surface area contributed by atoms with Crippen LogP contribution in [-0.4, -0.2) is 23.7 Å². The largest absolute Gasteiger partial charge is 0.508 e. The van der Waals surface area contributed by atoms with Crippen molar-refractivity contribution in [3.8, 4) is 17.2 Å². The van der Waals surface area contributed by atoms with Gasteiger partial charge in [-0.25, -0.2) is 8.42 Å². The summed E-state index contributed by atoms with van der Waals surface area (Å²) in [5.41, 5.74) is 3.12. The predicted octanol–water partition coefficient (Wildman–Crippen LogP) is 4.79. The molecule has 0 spiro atoms. The average Bonchev–Trinajstić information content (AvgIpc) is 2.80. The zero-order chi connectivity index (χ0) is 23.4. The lowest BCUT2D eigenvalue weighted by molar-refractivity contribution is 0.463. The van der Waals surface area contributed by atoms with Crippen LogP contribution in [-0.2, 0) is 22.9 Å². The normalized spacial score (nSPS) is 11.3. The van der Waals surface area contributed by atoms with Gasteiger partial charge in [0.05, 0.1) is 4.90 Å². The second-order valence-corrected chi connectivity index (χ2v) is 9.43. The van der Waals surface area contributed by atoms with Crippen LogP contribution in [0, 0.1) is 0 Å². The minimum absolute atomic E-state index is 0.0683. The number of hydrogen-bond donors (Lipinski definition) is 4. The summed E-state index contributed by atoms with van der Waals surface area (Å²) in [4.78, 5) is 0.137. The van der Waals surface area contributed by atoms with Crippen molar-refractivity contribution in [2.75, 3.05) is 4.72 Å². The van der Waals surface area contributed by atoms with Crippen molar-refractivity contribution in [3.05, 3.63) is 113 Å². The van der Waals surface area contributed by atoms with E-state index >= 15 is 0 Å². The number of nitrogens with one attached hydrogen (secondary N) is 1. The Balaban J connectivity index is 1.73. The SMILES string of the molecule is O=S(=O)(Nc1cc(Cc2ccc(O)cc2)c(O)c(Cc2ccc(O)cc2)c1)c1ccccc1. The van der Waals surface area contributed by atoms with Crippen molar-refractivity contribution in [1.82, 2.24) is 0 Å². The Labute approximate surface area is 192 Å². The van der Waals surface area contributed by atoms with Crippen molar-refractivity contribution in [2.45, 2.75) is 17.7 Å². The Bertz CT molecular complexity index is 1280. The Morgan fingerprint density at radius 2 is 1.09 bits per heavy atom. The van der Waals surface area contributed by atoms with E-state index in [2.05, 4.69) is 4.72 Å². The molecule has 0 saturated carbocycles. The van der Waals surface area contributed by atoms with Gasteiger partial charge in [-0.05, 0) is 59.7 Å². The van der Waals surface area contributed by atoms with Crippen LogP contribution in [0.2, 0.25) is 0 Å². The zero-order valence-electron chi connectivity index (χ0n) is 17.6. The summed E-state index contributed by atoms with van der Waals surface area (Å²) < 4.78 is 28.4. The standard InChI is InChI=1S/C26H23NO5S/c28-23-10-6-18(7-11-23)14-20-16-22(27-33(31,32)25-4-2-1-3-5-25)17-21(26(20)30)15-19-8-12-24(29)13-9-19/h1-13,16-17,27-30H,14-15H2. The number of sulfonamides is 1. The fraction of sp³-hybridized carbons (Fsp3) is 0.0769. The number of phenols is 3. The molecule has 0 radical (unpaired) electrons. The van der Waals surface area contributed by atoms with Crippen LogP contribution in [0.15, 0.2) is 95.9 Å². The molecule has 0 heterocycles. The molecule has 0 fully saturated rings. The van der Waals surface area contributed by atoms with E-state index in [4.69, 9.17) is 0 Å². The van der Waals surface area contributed by atoms with Crippen molar-refractivity contribution >= 4 is 15.7 Å². The van der Waals surface area contributed by atoms with Crippen molar-refractivity contribution in [1.29, 1.82) is 0 Å². The van der Waals surface area contributed by atoms with Gasteiger partial charge in [-0.3, -0.25) is 4.72 Å². The van der Waals surface area contributed by atoms with E-state index in [-0.39, 0.29) is 22.1 Å². The van der Waals surface area contributed by atoms with Crippen molar-refractivity contribution < 1.29 is 23.7 Å². The van der Waals surface area contributed by atoms with Gasteiger partial charge in [0.25, 0.3) is 10.0 Å². The molecule has 0 aliphatic heterocycles. The highest BCUT2D eigenvalue weighted by atomic mass is 32.2. The summed E-state index contributed by atoms with van der Waals surface area (Å²) >= 11 is 0. The van der Waals surface area contributed by atoms with Gasteiger partial charge in [-0.1, -0.05) is 42.5 Å². The summed E-state index contributed by atoms with van der Waals surface area (Å²) in [7, 11) is -3.81. The summed E-state index contributed by atoms with van der Waals surface area (Å²) in [6, 6.07) is 24.5. The molecule has 168 valence electrons. The Morgan fingerprint density at radius 3 is 1.55 bits per heavy atom. The second kappa shape index (κ2) is 9.26. The maximum Gasteiger partial charge on any atom is 0.261 e. The highest BCUT2D eigenvalue weighted by Gasteiger charge is 2.17. The van der Waals surface area contributed by atoms with Gasteiger partial charge < -0.3 is 15.3 Å². The molecule has 6 nitrogen and oxygen atoms in total. The number of phenolic OH excluding ortho intramolecular Hbond substituents is 3. The molecule has 0 aromatic heterocycles. The maximum atomic E-state index is 12.9. The minimum Gasteiger partial charge on any atom is -0.508 e. The number of aromatic hydroxyl groups is 3. The van der Waals surface area contributed by atoms with Crippen LogP contribution in [0.3, 0.4) is 0 Å². The monoisotopic (exact) mass is 461 g/mol. The molecule has 4 aromatic carbocycles. The third-order valence-electron chi connectivity index (χ3n) is 5.24. The summed E-state index contributed by atoms with van der Waals surface area (Å²) in [6.45, 7) is 0. The van der Waals surface area contributed by atoms with E-state index in [1.165, 1.54) is 12.1 Å². The Hall–Kier alpha value is -3.97. The number of anilines is 1. The Morgan fingerprint density at radius 1 is 0.636 bits per heavy atom. The first-order chi connectivity index (χ1) is 15.8. The molecule has 4 rings (SSSR count). The van der Waals surface area contributed by atoms with Gasteiger partial charge in [0.1, 0.15) is 17.2 Å². The van der Waals surface area contributed by atoms with Crippen molar-refractivity contribution in [3.63, 3.8) is 0 Å². The molecule has 0 aliphatic carbocycles. The number of benzene rings is 4. The van der Waals surface area contributed by atoms with Gasteiger partial charge in [0.2, 0.25) is 0 Å². The summed E-state index contributed by atoms with van der Waals surface area (Å²) in [5.74, 6) is 0.347. The van der Waals surface area contributed by atoms with E-state index in [0.717, 1.165) is 11.1 Å². The van der Waals surface area contributed by atoms with Gasteiger partial charge in [0, 0.05) is 29.7 Å². The van der Waals surface area contributed by atoms with E-state index < -0.39 is 10.0 Å². The average molecular weight is 462 g/mol. The van der Waals surface area contributed by atoms with Crippen molar-refractivity contribution in [2.24, 2.45) is 0 Å². The molecule has 0 saturated heterocycles. The lowest BCUT2D eigenvalue weighted by Gasteiger charge is -2.15. The molecule has 0 bridgehead atoms. The first kappa shape index (κ1) is 22.2. The lowest BCUT2D eigenvalue weighted by atomic mass is 9.96. The highest BCUT2D eigenvalue weighted by Crippen LogP contribution is 2.32. The second-order valence-electron chi connectivity index (χ2n) is 7.75. The van der Waals surface area contributed by atoms with Crippen LogP contribution in [0.1, 0.15) is 22.3 Å². The molecule has 7 heteroatoms. The van der Waals surface area contributed by atoms with E-state index in [0.29, 0.717) is 29.7 Å². The maximum absolute atomic E-state index is 12.9. The van der Waals surface area contributed by atoms with Crippen LogP contribution < -0.4 is 4.72 Å². The van der Waals surface area contributed by atoms with E-state index in [1.807, 2.05) is 0 Å². The quantitative estimate of drug-likeness (QED) is 0.296. The molecule has 4 N–H and O–H groups in total. The summed E-state index contributed by atoms with van der Waals surface area (Å²) in [5, 5.41) is 30.1. The summed E-state index contributed by atoms with van der Waals surface area (Å²) in [6.07, 6.45) is 0.686. The van der Waals surface area contributed by atoms with Gasteiger partial charge in [-0.2, -0.15) is 0 Å². The van der Waals surface area contributed by atoms with Gasteiger partial charge in [-0.15, -0.1) is 0 Å². The fourth-order valence-corrected chi connectivity index (χ4v) is 4.63. The van der Waals surface area contributed by atoms with Crippen LogP contribution in [0.25, 0.3) is 0 Å². The first-order valence-corrected chi connectivity index (χ1v) is 11.8. The van der Waals surface area contributed by atoms with Crippen LogP contribution in [0.5, 0.6) is 17.2 Å². The zero-order valence-corrected chi connectivity index (χ0v) is 18.5. The predicted molar refractivity (Wildman–Crippen MR) is 127 cm³/mol.